The monoisotopic (exact) mass is 296 g/mol. The van der Waals surface area contributed by atoms with E-state index in [1.807, 2.05) is 12.3 Å². The molecule has 1 rings (SSSR count). The van der Waals surface area contributed by atoms with Gasteiger partial charge < -0.3 is 5.32 Å². The van der Waals surface area contributed by atoms with Gasteiger partial charge in [-0.2, -0.15) is 0 Å². The van der Waals surface area contributed by atoms with E-state index in [-0.39, 0.29) is 5.25 Å². The number of nitrogens with one attached hydrogen (secondary N) is 1. The number of anilines is 1. The third-order valence-corrected chi connectivity index (χ3v) is 4.75. The van der Waals surface area contributed by atoms with E-state index in [0.717, 1.165) is 22.7 Å². The molecule has 0 radical (unpaired) electrons. The summed E-state index contributed by atoms with van der Waals surface area (Å²) in [6.07, 6.45) is 2.64. The summed E-state index contributed by atoms with van der Waals surface area (Å²) in [5.41, 5.74) is 0. The molecule has 0 aliphatic heterocycles. The lowest BCUT2D eigenvalue weighted by molar-refractivity contribution is 0.672. The Hall–Kier alpha value is 0.0600. The summed E-state index contributed by atoms with van der Waals surface area (Å²) in [4.78, 5) is 4.20. The van der Waals surface area contributed by atoms with Crippen molar-refractivity contribution in [1.29, 1.82) is 0 Å². The van der Waals surface area contributed by atoms with Crippen LogP contribution < -0.4 is 5.32 Å². The zero-order valence-corrected chi connectivity index (χ0v) is 11.3. The molecule has 0 aromatic carbocycles. The Morgan fingerprint density at radius 1 is 1.79 bits per heavy atom. The molecule has 6 heteroatoms. The van der Waals surface area contributed by atoms with Gasteiger partial charge in [-0.15, -0.1) is 11.3 Å². The molecule has 3 nitrogen and oxygen atoms in total. The molecule has 0 fully saturated rings. The number of thiazole rings is 1. The van der Waals surface area contributed by atoms with Gasteiger partial charge in [0.05, 0.1) is 0 Å². The van der Waals surface area contributed by atoms with Gasteiger partial charge in [0.25, 0.3) is 0 Å². The van der Waals surface area contributed by atoms with E-state index in [1.165, 1.54) is 0 Å². The number of hydrogen-bond donors (Lipinski definition) is 1. The topological polar surface area (TPSA) is 42.0 Å². The number of nitrogens with zero attached hydrogens (tertiary/aromatic N) is 1. The van der Waals surface area contributed by atoms with Crippen LogP contribution in [0, 0.1) is 0 Å². The predicted octanol–water partition coefficient (Wildman–Crippen LogP) is 2.47. The summed E-state index contributed by atoms with van der Waals surface area (Å²) >= 11 is 4.85. The van der Waals surface area contributed by atoms with E-state index in [0.29, 0.717) is 0 Å². The number of aromatic nitrogens is 1. The first-order valence-electron chi connectivity index (χ1n) is 4.26. The second kappa shape index (κ2) is 5.82. The van der Waals surface area contributed by atoms with Gasteiger partial charge in [-0.05, 0) is 22.4 Å². The largest absolute Gasteiger partial charge is 0.361 e. The third-order valence-electron chi connectivity index (χ3n) is 1.87. The summed E-state index contributed by atoms with van der Waals surface area (Å²) in [6.45, 7) is 2.82. The van der Waals surface area contributed by atoms with Crippen molar-refractivity contribution in [2.75, 3.05) is 18.1 Å². The second-order valence-electron chi connectivity index (χ2n) is 3.00. The fourth-order valence-corrected chi connectivity index (χ4v) is 2.51. The maximum atomic E-state index is 11.1. The maximum absolute atomic E-state index is 11.1. The Labute approximate surface area is 98.9 Å². The average molecular weight is 297 g/mol. The molecule has 2 unspecified atom stereocenters. The zero-order chi connectivity index (χ0) is 10.6. The van der Waals surface area contributed by atoms with Crippen molar-refractivity contribution < 1.29 is 4.21 Å². The molecule has 1 N–H and O–H groups in total. The van der Waals surface area contributed by atoms with E-state index in [1.54, 1.807) is 17.6 Å². The highest BCUT2D eigenvalue weighted by atomic mass is 79.9. The lowest BCUT2D eigenvalue weighted by atomic mass is 10.3. The molecular formula is C8H13BrN2OS2. The van der Waals surface area contributed by atoms with Crippen LogP contribution in [0.5, 0.6) is 0 Å². The van der Waals surface area contributed by atoms with Crippen molar-refractivity contribution in [3.8, 4) is 0 Å². The van der Waals surface area contributed by atoms with Gasteiger partial charge in [0, 0.05) is 34.2 Å². The van der Waals surface area contributed by atoms with Crippen LogP contribution in [0.15, 0.2) is 9.98 Å². The highest BCUT2D eigenvalue weighted by Gasteiger charge is 2.05. The molecule has 1 aromatic rings. The van der Waals surface area contributed by atoms with E-state index in [9.17, 15) is 4.21 Å². The molecule has 0 aliphatic rings. The van der Waals surface area contributed by atoms with Crippen molar-refractivity contribution in [3.05, 3.63) is 9.98 Å². The highest BCUT2D eigenvalue weighted by Crippen LogP contribution is 2.19. The molecule has 0 saturated heterocycles. The molecule has 1 aromatic heterocycles. The Morgan fingerprint density at radius 3 is 3.00 bits per heavy atom. The van der Waals surface area contributed by atoms with Crippen molar-refractivity contribution in [1.82, 2.24) is 4.98 Å². The summed E-state index contributed by atoms with van der Waals surface area (Å²) in [7, 11) is -0.729. The first-order valence-corrected chi connectivity index (χ1v) is 7.56. The average Bonchev–Trinajstić information content (AvgIpc) is 2.51. The first-order chi connectivity index (χ1) is 6.59. The standard InChI is InChI=1S/C8H13BrN2OS2/c1-6(14(2)12)3-4-10-8-11-7(9)5-13-8/h5-6H,3-4H2,1-2H3,(H,10,11). The van der Waals surface area contributed by atoms with Crippen molar-refractivity contribution in [2.45, 2.75) is 18.6 Å². The normalized spacial score (nSPS) is 15.1. The quantitative estimate of drug-likeness (QED) is 0.908. The van der Waals surface area contributed by atoms with Gasteiger partial charge in [0.1, 0.15) is 4.60 Å². The van der Waals surface area contributed by atoms with Crippen LogP contribution in [-0.2, 0) is 10.8 Å². The van der Waals surface area contributed by atoms with Gasteiger partial charge in [0.2, 0.25) is 0 Å². The number of halogens is 1. The molecule has 0 bridgehead atoms. The van der Waals surface area contributed by atoms with Crippen molar-refractivity contribution in [3.63, 3.8) is 0 Å². The van der Waals surface area contributed by atoms with Crippen LogP contribution in [0.25, 0.3) is 0 Å². The molecule has 0 saturated carbocycles. The molecule has 1 heterocycles. The summed E-state index contributed by atoms with van der Waals surface area (Å²) in [5.74, 6) is 0. The minimum atomic E-state index is -0.729. The van der Waals surface area contributed by atoms with Crippen LogP contribution in [0.4, 0.5) is 5.13 Å². The molecule has 0 spiro atoms. The Morgan fingerprint density at radius 2 is 2.50 bits per heavy atom. The number of rotatable bonds is 5. The molecule has 0 aliphatic carbocycles. The van der Waals surface area contributed by atoms with Gasteiger partial charge in [-0.3, -0.25) is 4.21 Å². The Kier molecular flexibility index (Phi) is 5.05. The highest BCUT2D eigenvalue weighted by molar-refractivity contribution is 9.10. The van der Waals surface area contributed by atoms with E-state index in [2.05, 4.69) is 26.2 Å². The van der Waals surface area contributed by atoms with Crippen LogP contribution in [0.2, 0.25) is 0 Å². The maximum Gasteiger partial charge on any atom is 0.183 e. The lowest BCUT2D eigenvalue weighted by Crippen LogP contribution is -2.14. The Bertz CT molecular complexity index is 316. The van der Waals surface area contributed by atoms with Crippen LogP contribution in [-0.4, -0.2) is 27.2 Å². The molecular weight excluding hydrogens is 284 g/mol. The van der Waals surface area contributed by atoms with E-state index < -0.39 is 10.8 Å². The molecule has 0 amide bonds. The van der Waals surface area contributed by atoms with Crippen molar-refractivity contribution >= 4 is 43.2 Å². The van der Waals surface area contributed by atoms with Crippen LogP contribution >= 0.6 is 27.3 Å². The van der Waals surface area contributed by atoms with Gasteiger partial charge in [-0.25, -0.2) is 4.98 Å². The Balaban J connectivity index is 2.25. The van der Waals surface area contributed by atoms with E-state index >= 15 is 0 Å². The number of hydrogen-bond acceptors (Lipinski definition) is 4. The minimum Gasteiger partial charge on any atom is -0.361 e. The SMILES string of the molecule is CC(CCNc1nc(Br)cs1)S(C)=O. The summed E-state index contributed by atoms with van der Waals surface area (Å²) in [6, 6.07) is 0. The zero-order valence-electron chi connectivity index (χ0n) is 8.12. The molecule has 2 atom stereocenters. The van der Waals surface area contributed by atoms with Gasteiger partial charge >= 0.3 is 0 Å². The predicted molar refractivity (Wildman–Crippen MR) is 66.4 cm³/mol. The molecule has 80 valence electrons. The minimum absolute atomic E-state index is 0.242. The first kappa shape index (κ1) is 12.1. The van der Waals surface area contributed by atoms with Gasteiger partial charge in [0.15, 0.2) is 5.13 Å². The smallest absolute Gasteiger partial charge is 0.183 e. The lowest BCUT2D eigenvalue weighted by Gasteiger charge is -2.07. The van der Waals surface area contributed by atoms with Crippen LogP contribution in [0.3, 0.4) is 0 Å². The third kappa shape index (κ3) is 4.06. The fourth-order valence-electron chi connectivity index (χ4n) is 0.884. The van der Waals surface area contributed by atoms with Gasteiger partial charge in [-0.1, -0.05) is 6.92 Å². The van der Waals surface area contributed by atoms with Crippen molar-refractivity contribution in [2.24, 2.45) is 0 Å². The van der Waals surface area contributed by atoms with E-state index in [4.69, 9.17) is 0 Å². The summed E-state index contributed by atoms with van der Waals surface area (Å²) < 4.78 is 11.9. The summed E-state index contributed by atoms with van der Waals surface area (Å²) in [5, 5.41) is 6.28. The van der Waals surface area contributed by atoms with Crippen LogP contribution in [0.1, 0.15) is 13.3 Å². The fraction of sp³-hybridized carbons (Fsp3) is 0.625. The molecule has 14 heavy (non-hydrogen) atoms. The second-order valence-corrected chi connectivity index (χ2v) is 6.47.